The van der Waals surface area contributed by atoms with Crippen molar-refractivity contribution < 1.29 is 14.3 Å². The van der Waals surface area contributed by atoms with E-state index in [-0.39, 0.29) is 29.1 Å². The first-order valence-electron chi connectivity index (χ1n) is 8.75. The van der Waals surface area contributed by atoms with Gasteiger partial charge in [-0.3, -0.25) is 9.89 Å². The van der Waals surface area contributed by atoms with E-state index in [9.17, 15) is 9.59 Å². The number of hydrogen-bond donors (Lipinski definition) is 2. The van der Waals surface area contributed by atoms with Crippen LogP contribution in [-0.4, -0.2) is 43.5 Å². The second-order valence-electron chi connectivity index (χ2n) is 6.32. The summed E-state index contributed by atoms with van der Waals surface area (Å²) in [6.07, 6.45) is -0.301. The lowest BCUT2D eigenvalue weighted by atomic mass is 10.2. The number of nitrogens with zero attached hydrogens (tertiary/aromatic N) is 5. The molecule has 11 nitrogen and oxygen atoms in total. The summed E-state index contributed by atoms with van der Waals surface area (Å²) in [4.78, 5) is 27.4. The van der Waals surface area contributed by atoms with E-state index in [4.69, 9.17) is 9.47 Å². The van der Waals surface area contributed by atoms with Crippen molar-refractivity contribution in [2.24, 2.45) is 10.2 Å². The lowest BCUT2D eigenvalue weighted by Gasteiger charge is -2.08. The second kappa shape index (κ2) is 7.62. The van der Waals surface area contributed by atoms with E-state index in [1.54, 1.807) is 40.7 Å². The number of esters is 1. The Kier molecular flexibility index (Phi) is 5.25. The number of carbonyl (C=O) groups excluding carboxylic acids is 1. The summed E-state index contributed by atoms with van der Waals surface area (Å²) in [6, 6.07) is 1.71. The van der Waals surface area contributed by atoms with Crippen LogP contribution in [0.2, 0.25) is 0 Å². The van der Waals surface area contributed by atoms with Crippen LogP contribution < -0.4 is 10.3 Å². The van der Waals surface area contributed by atoms with Gasteiger partial charge in [0.2, 0.25) is 11.5 Å². The van der Waals surface area contributed by atoms with Crippen molar-refractivity contribution in [3.05, 3.63) is 33.4 Å². The van der Waals surface area contributed by atoms with Crippen molar-refractivity contribution in [2.75, 3.05) is 6.61 Å². The molecular formula is C17H21N7O4. The molecule has 3 rings (SSSR count). The van der Waals surface area contributed by atoms with E-state index in [1.807, 2.05) is 0 Å². The lowest BCUT2D eigenvalue weighted by Crippen LogP contribution is -2.13. The standard InChI is InChI=1S/C17H21N7O4/c1-6-27-16-13(15(25)18-11-7-9(4)23-24(11)16)20-22-14-12(10(5)19-21-14)17(26)28-8(2)3/h7-8H,6H2,1-5H3,(H,18,25)(H,19,21). The molecule has 11 heteroatoms. The molecule has 3 aromatic rings. The fourth-order valence-electron chi connectivity index (χ4n) is 2.57. The number of aromatic amines is 2. The minimum absolute atomic E-state index is 0.0155. The van der Waals surface area contributed by atoms with Gasteiger partial charge in [-0.2, -0.15) is 14.7 Å². The van der Waals surface area contributed by atoms with E-state index < -0.39 is 11.5 Å². The molecule has 148 valence electrons. The van der Waals surface area contributed by atoms with Crippen LogP contribution in [0, 0.1) is 13.8 Å². The Hall–Kier alpha value is -3.50. The van der Waals surface area contributed by atoms with Crippen molar-refractivity contribution in [3.8, 4) is 5.88 Å². The highest BCUT2D eigenvalue weighted by Gasteiger charge is 2.22. The van der Waals surface area contributed by atoms with Crippen molar-refractivity contribution in [2.45, 2.75) is 40.7 Å². The fourth-order valence-corrected chi connectivity index (χ4v) is 2.57. The van der Waals surface area contributed by atoms with Crippen LogP contribution in [-0.2, 0) is 4.74 Å². The molecule has 0 bridgehead atoms. The third kappa shape index (κ3) is 3.63. The van der Waals surface area contributed by atoms with E-state index in [0.29, 0.717) is 23.6 Å². The maximum atomic E-state index is 12.5. The zero-order valence-corrected chi connectivity index (χ0v) is 16.2. The van der Waals surface area contributed by atoms with Gasteiger partial charge >= 0.3 is 5.97 Å². The fraction of sp³-hybridized carbons (Fsp3) is 0.412. The topological polar surface area (TPSA) is 139 Å². The Morgan fingerprint density at radius 3 is 2.75 bits per heavy atom. The number of rotatable bonds is 6. The van der Waals surface area contributed by atoms with Gasteiger partial charge < -0.3 is 14.5 Å². The predicted molar refractivity (Wildman–Crippen MR) is 99.8 cm³/mol. The van der Waals surface area contributed by atoms with Crippen molar-refractivity contribution in [1.82, 2.24) is 24.8 Å². The summed E-state index contributed by atoms with van der Waals surface area (Å²) in [5, 5.41) is 18.9. The highest BCUT2D eigenvalue weighted by atomic mass is 16.5. The normalized spacial score (nSPS) is 11.6. The van der Waals surface area contributed by atoms with Crippen molar-refractivity contribution in [1.29, 1.82) is 0 Å². The Balaban J connectivity index is 2.07. The summed E-state index contributed by atoms with van der Waals surface area (Å²) in [5.41, 5.74) is 1.23. The number of aromatic nitrogens is 5. The number of carbonyl (C=O) groups is 1. The maximum Gasteiger partial charge on any atom is 0.344 e. The second-order valence-corrected chi connectivity index (χ2v) is 6.32. The minimum Gasteiger partial charge on any atom is -0.476 e. The van der Waals surface area contributed by atoms with E-state index in [0.717, 1.165) is 0 Å². The van der Waals surface area contributed by atoms with Crippen LogP contribution in [0.1, 0.15) is 42.5 Å². The zero-order valence-electron chi connectivity index (χ0n) is 16.2. The van der Waals surface area contributed by atoms with E-state index in [2.05, 4.69) is 30.5 Å². The van der Waals surface area contributed by atoms with Crippen molar-refractivity contribution in [3.63, 3.8) is 0 Å². The molecule has 0 spiro atoms. The number of hydrogen-bond acceptors (Lipinski definition) is 8. The average Bonchev–Trinajstić information content (AvgIpc) is 3.15. The number of fused-ring (bicyclic) bond motifs is 1. The van der Waals surface area contributed by atoms with Gasteiger partial charge in [-0.1, -0.05) is 0 Å². The summed E-state index contributed by atoms with van der Waals surface area (Å²) < 4.78 is 12.2. The largest absolute Gasteiger partial charge is 0.476 e. The molecule has 0 aliphatic heterocycles. The van der Waals surface area contributed by atoms with Crippen LogP contribution in [0.3, 0.4) is 0 Å². The third-order valence-corrected chi connectivity index (χ3v) is 3.68. The van der Waals surface area contributed by atoms with E-state index in [1.165, 1.54) is 4.52 Å². The van der Waals surface area contributed by atoms with Crippen LogP contribution in [0.15, 0.2) is 21.1 Å². The molecule has 0 radical (unpaired) electrons. The first-order valence-corrected chi connectivity index (χ1v) is 8.75. The molecule has 0 aliphatic carbocycles. The number of aryl methyl sites for hydroxylation is 2. The van der Waals surface area contributed by atoms with Gasteiger partial charge in [-0.25, -0.2) is 4.79 Å². The summed E-state index contributed by atoms with van der Waals surface area (Å²) in [6.45, 7) is 9.02. The van der Waals surface area contributed by atoms with Crippen LogP contribution >= 0.6 is 0 Å². The Morgan fingerprint density at radius 2 is 2.07 bits per heavy atom. The van der Waals surface area contributed by atoms with E-state index >= 15 is 0 Å². The third-order valence-electron chi connectivity index (χ3n) is 3.68. The molecule has 0 saturated carbocycles. The Morgan fingerprint density at radius 1 is 1.32 bits per heavy atom. The molecule has 0 unspecified atom stereocenters. The molecular weight excluding hydrogens is 366 g/mol. The summed E-state index contributed by atoms with van der Waals surface area (Å²) in [5.74, 6) is -0.411. The Bertz CT molecular complexity index is 1110. The molecule has 28 heavy (non-hydrogen) atoms. The molecule has 0 aromatic carbocycles. The van der Waals surface area contributed by atoms with Gasteiger partial charge in [0.1, 0.15) is 11.2 Å². The van der Waals surface area contributed by atoms with Crippen molar-refractivity contribution >= 4 is 23.1 Å². The van der Waals surface area contributed by atoms with Gasteiger partial charge in [-0.05, 0) is 34.6 Å². The maximum absolute atomic E-state index is 12.5. The minimum atomic E-state index is -0.577. The summed E-state index contributed by atoms with van der Waals surface area (Å²) in [7, 11) is 0. The molecule has 0 aliphatic rings. The lowest BCUT2D eigenvalue weighted by molar-refractivity contribution is 0.0378. The van der Waals surface area contributed by atoms with Gasteiger partial charge in [0.25, 0.3) is 11.4 Å². The highest BCUT2D eigenvalue weighted by molar-refractivity contribution is 5.95. The first kappa shape index (κ1) is 19.3. The van der Waals surface area contributed by atoms with Gasteiger partial charge in [0, 0.05) is 11.8 Å². The van der Waals surface area contributed by atoms with Gasteiger partial charge in [0.15, 0.2) is 0 Å². The monoisotopic (exact) mass is 387 g/mol. The molecule has 2 N–H and O–H groups in total. The van der Waals surface area contributed by atoms with Gasteiger partial charge in [-0.15, -0.1) is 10.2 Å². The number of H-pyrrole nitrogens is 2. The van der Waals surface area contributed by atoms with Gasteiger partial charge in [0.05, 0.1) is 18.4 Å². The molecule has 3 aromatic heterocycles. The Labute approximate surface area is 159 Å². The molecule has 0 atom stereocenters. The predicted octanol–water partition coefficient (Wildman–Crippen LogP) is 2.74. The zero-order chi connectivity index (χ0) is 20.4. The SMILES string of the molecule is CCOc1c(N=Nc2n[nH]c(C)c2C(=O)OC(C)C)c(=O)[nH]c2cc(C)nn12. The van der Waals surface area contributed by atoms with Crippen LogP contribution in [0.4, 0.5) is 11.5 Å². The molecule has 0 saturated heterocycles. The quantitative estimate of drug-likeness (QED) is 0.492. The number of ether oxygens (including phenoxy) is 2. The summed E-state index contributed by atoms with van der Waals surface area (Å²) >= 11 is 0. The smallest absolute Gasteiger partial charge is 0.344 e. The highest BCUT2D eigenvalue weighted by Crippen LogP contribution is 2.27. The van der Waals surface area contributed by atoms with Crippen LogP contribution in [0.5, 0.6) is 5.88 Å². The molecule has 0 amide bonds. The average molecular weight is 387 g/mol. The first-order chi connectivity index (χ1) is 13.3. The molecule has 3 heterocycles. The van der Waals surface area contributed by atoms with Crippen LogP contribution in [0.25, 0.3) is 5.65 Å². The molecule has 0 fully saturated rings. The number of nitrogens with one attached hydrogen (secondary N) is 2. The number of azo groups is 1.